The number of H-pyrrole nitrogens is 1. The molecule has 1 atom stereocenters. The Kier molecular flexibility index (Phi) is 5.28. The molecule has 0 fully saturated rings. The molecule has 0 saturated heterocycles. The molecule has 3 heterocycles. The number of nitrogens with one attached hydrogen (secondary N) is 1. The maximum Gasteiger partial charge on any atom is 0.461 e. The number of amides is 1. The second kappa shape index (κ2) is 7.25. The second-order valence-electron chi connectivity index (χ2n) is 6.56. The van der Waals surface area contributed by atoms with E-state index in [-0.39, 0.29) is 22.5 Å². The third kappa shape index (κ3) is 3.84. The van der Waals surface area contributed by atoms with Crippen LogP contribution in [0.1, 0.15) is 30.0 Å². The van der Waals surface area contributed by atoms with Gasteiger partial charge in [0.2, 0.25) is 5.91 Å². The van der Waals surface area contributed by atoms with E-state index < -0.39 is 50.1 Å². The summed E-state index contributed by atoms with van der Waals surface area (Å²) in [6.07, 6.45) is -3.65. The molecule has 168 valence electrons. The normalized spacial score (nSPS) is 17.0. The van der Waals surface area contributed by atoms with E-state index in [4.69, 9.17) is 5.73 Å². The Bertz CT molecular complexity index is 1270. The van der Waals surface area contributed by atoms with E-state index in [1.54, 1.807) is 0 Å². The summed E-state index contributed by atoms with van der Waals surface area (Å²) in [5.74, 6) is -8.48. The average molecular weight is 466 g/mol. The van der Waals surface area contributed by atoms with E-state index in [2.05, 4.69) is 15.1 Å². The molecule has 1 aliphatic heterocycles. The summed E-state index contributed by atoms with van der Waals surface area (Å²) < 4.78 is 90.3. The topological polar surface area (TPSA) is 134 Å². The van der Waals surface area contributed by atoms with Gasteiger partial charge in [-0.3, -0.25) is 4.79 Å². The lowest BCUT2D eigenvalue weighted by atomic mass is 10.2. The van der Waals surface area contributed by atoms with Crippen LogP contribution in [0.3, 0.4) is 0 Å². The number of nitrogens with two attached hydrogens (primary N) is 1. The lowest BCUT2D eigenvalue weighted by Crippen LogP contribution is -2.42. The van der Waals surface area contributed by atoms with E-state index in [0.29, 0.717) is 0 Å². The van der Waals surface area contributed by atoms with E-state index in [1.807, 2.05) is 4.98 Å². The smallest absolute Gasteiger partial charge is 0.366 e. The predicted octanol–water partition coefficient (Wildman–Crippen LogP) is 0.575. The van der Waals surface area contributed by atoms with Crippen molar-refractivity contribution in [2.45, 2.75) is 36.9 Å². The average Bonchev–Trinajstić information content (AvgIpc) is 3.09. The van der Waals surface area contributed by atoms with Gasteiger partial charge in [0, 0.05) is 6.20 Å². The fourth-order valence-electron chi connectivity index (χ4n) is 2.73. The Morgan fingerprint density at radius 2 is 1.94 bits per heavy atom. The zero-order valence-electron chi connectivity index (χ0n) is 15.9. The third-order valence-electron chi connectivity index (χ3n) is 4.41. The van der Waals surface area contributed by atoms with Gasteiger partial charge in [-0.15, -0.1) is 5.10 Å². The van der Waals surface area contributed by atoms with Crippen LogP contribution in [0.4, 0.5) is 27.8 Å². The summed E-state index contributed by atoms with van der Waals surface area (Å²) in [6.45, 7) is 2.82. The first kappa shape index (κ1) is 22.6. The van der Waals surface area contributed by atoms with Crippen LogP contribution < -0.4 is 21.6 Å². The summed E-state index contributed by atoms with van der Waals surface area (Å²) in [5, 5.41) is 4.71. The molecule has 15 heteroatoms. The molecule has 9 nitrogen and oxygen atoms in total. The molecule has 0 radical (unpaired) electrons. The predicted molar refractivity (Wildman–Crippen MR) is 96.2 cm³/mol. The van der Waals surface area contributed by atoms with Gasteiger partial charge in [-0.05, 0) is 19.1 Å². The van der Waals surface area contributed by atoms with Crippen molar-refractivity contribution >= 4 is 27.6 Å². The number of aromatic nitrogens is 3. The van der Waals surface area contributed by atoms with Crippen molar-refractivity contribution in [3.05, 3.63) is 34.5 Å². The van der Waals surface area contributed by atoms with Crippen LogP contribution in [-0.4, -0.2) is 47.2 Å². The van der Waals surface area contributed by atoms with Crippen LogP contribution >= 0.6 is 0 Å². The standard InChI is InChI=1S/C16H15F5N6O3S/c1-3-31(29,30)10-5-8(11(22)28)6-23-13(10)27-7(2)4-9-12(26-27)25-14(24-9)15(17,18)16(19,20)21/h4-7H,3H2,1-2H3,(H2,22,28)(H,24,25,26). The summed E-state index contributed by atoms with van der Waals surface area (Å²) in [5.41, 5.74) is 4.46. The van der Waals surface area contributed by atoms with Crippen molar-refractivity contribution in [3.8, 4) is 0 Å². The largest absolute Gasteiger partial charge is 0.461 e. The van der Waals surface area contributed by atoms with Gasteiger partial charge in [0.05, 0.1) is 22.7 Å². The number of anilines is 1. The Morgan fingerprint density at radius 1 is 1.29 bits per heavy atom. The van der Waals surface area contributed by atoms with Gasteiger partial charge in [-0.2, -0.15) is 22.0 Å². The molecule has 0 bridgehead atoms. The lowest BCUT2D eigenvalue weighted by Gasteiger charge is -2.26. The molecule has 2 aromatic heterocycles. The number of imidazole rings is 1. The van der Waals surface area contributed by atoms with Crippen LogP contribution in [-0.2, 0) is 15.8 Å². The minimum Gasteiger partial charge on any atom is -0.366 e. The Balaban J connectivity index is 2.20. The molecule has 0 spiro atoms. The van der Waals surface area contributed by atoms with E-state index in [1.165, 1.54) is 19.9 Å². The molecular weight excluding hydrogens is 451 g/mol. The Labute approximate surface area is 171 Å². The summed E-state index contributed by atoms with van der Waals surface area (Å²) in [6, 6.07) is 0.174. The maximum absolute atomic E-state index is 13.6. The van der Waals surface area contributed by atoms with Gasteiger partial charge in [0.1, 0.15) is 4.90 Å². The number of carbonyl (C=O) groups is 1. The van der Waals surface area contributed by atoms with Crippen molar-refractivity contribution in [2.75, 3.05) is 10.8 Å². The van der Waals surface area contributed by atoms with Gasteiger partial charge < -0.3 is 10.7 Å². The van der Waals surface area contributed by atoms with Crippen LogP contribution in [0.15, 0.2) is 22.3 Å². The van der Waals surface area contributed by atoms with Crippen molar-refractivity contribution in [1.29, 1.82) is 0 Å². The van der Waals surface area contributed by atoms with Crippen LogP contribution in [0.25, 0.3) is 6.08 Å². The zero-order chi connectivity index (χ0) is 23.4. The molecule has 3 N–H and O–H groups in total. The fraction of sp³-hybridized carbons (Fsp3) is 0.375. The number of hydrogen-bond donors (Lipinski definition) is 2. The minimum atomic E-state index is -5.88. The number of primary amides is 1. The summed E-state index contributed by atoms with van der Waals surface area (Å²) in [4.78, 5) is 20.1. The first-order chi connectivity index (χ1) is 14.2. The number of hydrogen-bond acceptors (Lipinski definition) is 7. The van der Waals surface area contributed by atoms with Crippen LogP contribution in [0.5, 0.6) is 0 Å². The molecule has 0 saturated carbocycles. The van der Waals surface area contributed by atoms with E-state index >= 15 is 0 Å². The third-order valence-corrected chi connectivity index (χ3v) is 6.14. The number of fused-ring (bicyclic) bond motifs is 1. The highest BCUT2D eigenvalue weighted by molar-refractivity contribution is 7.91. The SMILES string of the molecule is CCS(=O)(=O)c1cc(C(N)=O)cnc1N1N=c2nc(C(F)(F)C(F)(F)F)[nH]c2=CC1C. The number of alkyl halides is 5. The van der Waals surface area contributed by atoms with Crippen LogP contribution in [0, 0.1) is 0 Å². The number of rotatable bonds is 5. The van der Waals surface area contributed by atoms with Gasteiger partial charge in [0.15, 0.2) is 27.0 Å². The lowest BCUT2D eigenvalue weighted by molar-refractivity contribution is -0.292. The number of aromatic amines is 1. The Hall–Kier alpha value is -3.10. The molecule has 1 unspecified atom stereocenters. The van der Waals surface area contributed by atoms with Gasteiger partial charge in [0.25, 0.3) is 0 Å². The van der Waals surface area contributed by atoms with Gasteiger partial charge >= 0.3 is 12.1 Å². The molecule has 1 aliphatic rings. The number of pyridine rings is 1. The number of nitrogens with zero attached hydrogens (tertiary/aromatic N) is 4. The van der Waals surface area contributed by atoms with Crippen molar-refractivity contribution in [3.63, 3.8) is 0 Å². The second-order valence-corrected chi connectivity index (χ2v) is 8.81. The first-order valence-corrected chi connectivity index (χ1v) is 10.3. The molecule has 0 aromatic carbocycles. The summed E-state index contributed by atoms with van der Waals surface area (Å²) in [7, 11) is -3.96. The zero-order valence-corrected chi connectivity index (χ0v) is 16.7. The summed E-state index contributed by atoms with van der Waals surface area (Å²) >= 11 is 0. The van der Waals surface area contributed by atoms with Crippen molar-refractivity contribution in [1.82, 2.24) is 15.0 Å². The molecule has 0 aliphatic carbocycles. The highest BCUT2D eigenvalue weighted by atomic mass is 32.2. The fourth-order valence-corrected chi connectivity index (χ4v) is 3.77. The number of halogens is 5. The monoisotopic (exact) mass is 466 g/mol. The van der Waals surface area contributed by atoms with E-state index in [9.17, 15) is 35.2 Å². The molecule has 3 rings (SSSR count). The Morgan fingerprint density at radius 3 is 2.48 bits per heavy atom. The number of carbonyl (C=O) groups excluding carboxylic acids is 1. The molecule has 31 heavy (non-hydrogen) atoms. The van der Waals surface area contributed by atoms with Gasteiger partial charge in [-0.1, -0.05) is 6.92 Å². The van der Waals surface area contributed by atoms with Crippen LogP contribution in [0.2, 0.25) is 0 Å². The van der Waals surface area contributed by atoms with Crippen molar-refractivity contribution in [2.24, 2.45) is 10.8 Å². The highest BCUT2D eigenvalue weighted by Gasteiger charge is 2.61. The quantitative estimate of drug-likeness (QED) is 0.619. The molecule has 1 amide bonds. The number of sulfone groups is 1. The minimum absolute atomic E-state index is 0.197. The first-order valence-electron chi connectivity index (χ1n) is 8.62. The highest BCUT2D eigenvalue weighted by Crippen LogP contribution is 2.41. The molecular formula is C16H15F5N6O3S. The van der Waals surface area contributed by atoms with Gasteiger partial charge in [-0.25, -0.2) is 23.4 Å². The van der Waals surface area contributed by atoms with Crippen molar-refractivity contribution < 1.29 is 35.2 Å². The molecule has 2 aromatic rings. The van der Waals surface area contributed by atoms with E-state index in [0.717, 1.165) is 17.3 Å². The maximum atomic E-state index is 13.6.